The van der Waals surface area contributed by atoms with Crippen molar-refractivity contribution in [2.75, 3.05) is 6.54 Å². The van der Waals surface area contributed by atoms with E-state index in [0.29, 0.717) is 11.5 Å². The van der Waals surface area contributed by atoms with Crippen LogP contribution in [0.15, 0.2) is 111 Å². The molecule has 1 heterocycles. The van der Waals surface area contributed by atoms with Crippen LogP contribution in [-0.4, -0.2) is 23.4 Å². The van der Waals surface area contributed by atoms with Crippen molar-refractivity contribution in [3.05, 3.63) is 109 Å². The Hall–Kier alpha value is -3.40. The molecule has 0 bridgehead atoms. The average Bonchev–Trinajstić information content (AvgIpc) is 3.35. The van der Waals surface area contributed by atoms with Gasteiger partial charge < -0.3 is 9.15 Å². The van der Waals surface area contributed by atoms with Crippen molar-refractivity contribution in [3.63, 3.8) is 0 Å². The van der Waals surface area contributed by atoms with E-state index < -0.39 is 31.7 Å². The highest BCUT2D eigenvalue weighted by Crippen LogP contribution is 2.30. The van der Waals surface area contributed by atoms with Gasteiger partial charge in [-0.15, -0.1) is 0 Å². The highest BCUT2D eigenvalue weighted by atomic mass is 32.2. The van der Waals surface area contributed by atoms with Crippen molar-refractivity contribution in [2.24, 2.45) is 0 Å². The van der Waals surface area contributed by atoms with Gasteiger partial charge >= 0.3 is 0 Å². The number of benzene rings is 3. The van der Waals surface area contributed by atoms with E-state index in [1.807, 2.05) is 25.1 Å². The molecule has 3 aromatic carbocycles. The Labute approximate surface area is 199 Å². The molecule has 1 atom stereocenters. The molecular formula is C25H23NO6S2. The molecule has 9 heteroatoms. The Bertz CT molecular complexity index is 1430. The van der Waals surface area contributed by atoms with Gasteiger partial charge in [-0.2, -0.15) is 0 Å². The van der Waals surface area contributed by atoms with Crippen LogP contribution >= 0.6 is 0 Å². The molecular weight excluding hydrogens is 474 g/mol. The number of sulfonamides is 1. The van der Waals surface area contributed by atoms with Gasteiger partial charge in [-0.1, -0.05) is 35.9 Å². The predicted molar refractivity (Wildman–Crippen MR) is 128 cm³/mol. The summed E-state index contributed by atoms with van der Waals surface area (Å²) in [6, 6.07) is 24.4. The van der Waals surface area contributed by atoms with Gasteiger partial charge in [-0.3, -0.25) is 0 Å². The zero-order valence-electron chi connectivity index (χ0n) is 18.3. The average molecular weight is 498 g/mol. The van der Waals surface area contributed by atoms with Crippen LogP contribution in [0.1, 0.15) is 16.6 Å². The molecule has 0 spiro atoms. The standard InChI is InChI=1S/C25H23NO6S2/c1-19-9-13-22(14-10-19)33(27,28)25(24-8-5-17-31-24)18-26-34(29,30)23-15-11-21(12-16-23)32-20-6-3-2-4-7-20/h2-17,25-26H,18H2,1H3/t25-/m1/s1. The molecule has 0 aliphatic heterocycles. The maximum atomic E-state index is 13.3. The Morgan fingerprint density at radius 1 is 0.765 bits per heavy atom. The van der Waals surface area contributed by atoms with E-state index in [4.69, 9.17) is 9.15 Å². The lowest BCUT2D eigenvalue weighted by atomic mass is 10.2. The molecule has 176 valence electrons. The molecule has 7 nitrogen and oxygen atoms in total. The molecule has 4 rings (SSSR count). The second kappa shape index (κ2) is 9.84. The number of hydrogen-bond donors (Lipinski definition) is 1. The molecule has 1 aromatic heterocycles. The summed E-state index contributed by atoms with van der Waals surface area (Å²) in [7, 11) is -7.92. The first-order valence-electron chi connectivity index (χ1n) is 10.4. The van der Waals surface area contributed by atoms with E-state index in [0.717, 1.165) is 5.56 Å². The first kappa shape index (κ1) is 23.7. The van der Waals surface area contributed by atoms with E-state index in [1.54, 1.807) is 30.3 Å². The second-order valence-corrected chi connectivity index (χ2v) is 11.5. The molecule has 0 amide bonds. The Morgan fingerprint density at radius 2 is 1.38 bits per heavy atom. The van der Waals surface area contributed by atoms with E-state index in [-0.39, 0.29) is 15.6 Å². The highest BCUT2D eigenvalue weighted by Gasteiger charge is 2.33. The molecule has 0 aliphatic rings. The third kappa shape index (κ3) is 5.39. The normalized spacial score (nSPS) is 12.9. The first-order chi connectivity index (χ1) is 16.3. The SMILES string of the molecule is Cc1ccc(S(=O)(=O)[C@H](CNS(=O)(=O)c2ccc(Oc3ccccc3)cc2)c2ccco2)cc1. The topological polar surface area (TPSA) is 103 Å². The molecule has 1 N–H and O–H groups in total. The minimum absolute atomic E-state index is 0.0150. The van der Waals surface area contributed by atoms with Gasteiger partial charge in [0, 0.05) is 6.54 Å². The van der Waals surface area contributed by atoms with E-state index in [1.165, 1.54) is 48.7 Å². The third-order valence-electron chi connectivity index (χ3n) is 5.16. The molecule has 0 saturated carbocycles. The second-order valence-electron chi connectivity index (χ2n) is 7.60. The lowest BCUT2D eigenvalue weighted by Gasteiger charge is -2.17. The molecule has 0 saturated heterocycles. The molecule has 0 radical (unpaired) electrons. The zero-order valence-corrected chi connectivity index (χ0v) is 19.9. The number of sulfone groups is 1. The zero-order chi connectivity index (χ0) is 24.2. The predicted octanol–water partition coefficient (Wildman–Crippen LogP) is 4.87. The van der Waals surface area contributed by atoms with Crippen molar-refractivity contribution < 1.29 is 26.0 Å². The Kier molecular flexibility index (Phi) is 6.87. The number of para-hydroxylation sites is 1. The highest BCUT2D eigenvalue weighted by molar-refractivity contribution is 7.92. The summed E-state index contributed by atoms with van der Waals surface area (Å²) >= 11 is 0. The minimum atomic E-state index is -4.00. The maximum absolute atomic E-state index is 13.3. The fraction of sp³-hybridized carbons (Fsp3) is 0.120. The van der Waals surface area contributed by atoms with Gasteiger partial charge in [0.1, 0.15) is 22.5 Å². The number of nitrogens with one attached hydrogen (secondary N) is 1. The van der Waals surface area contributed by atoms with E-state index in [9.17, 15) is 16.8 Å². The summed E-state index contributed by atoms with van der Waals surface area (Å²) in [5, 5.41) is -1.24. The van der Waals surface area contributed by atoms with Crippen molar-refractivity contribution in [1.29, 1.82) is 0 Å². The Balaban J connectivity index is 1.53. The fourth-order valence-corrected chi connectivity index (χ4v) is 6.05. The molecule has 4 aromatic rings. The van der Waals surface area contributed by atoms with Crippen LogP contribution in [0.2, 0.25) is 0 Å². The van der Waals surface area contributed by atoms with Crippen molar-refractivity contribution in [1.82, 2.24) is 4.72 Å². The summed E-state index contributed by atoms with van der Waals surface area (Å²) in [6.45, 7) is 1.46. The van der Waals surface area contributed by atoms with Crippen molar-refractivity contribution in [3.8, 4) is 11.5 Å². The minimum Gasteiger partial charge on any atom is -0.468 e. The van der Waals surface area contributed by atoms with Gasteiger partial charge in [-0.25, -0.2) is 21.6 Å². The van der Waals surface area contributed by atoms with Gasteiger partial charge in [0.05, 0.1) is 16.1 Å². The van der Waals surface area contributed by atoms with Crippen molar-refractivity contribution in [2.45, 2.75) is 22.0 Å². The monoisotopic (exact) mass is 497 g/mol. The summed E-state index contributed by atoms with van der Waals surface area (Å²) < 4.78 is 65.9. The van der Waals surface area contributed by atoms with E-state index in [2.05, 4.69) is 4.72 Å². The number of ether oxygens (including phenoxy) is 1. The number of furan rings is 1. The molecule has 0 aliphatic carbocycles. The number of aryl methyl sites for hydroxylation is 1. The third-order valence-corrected chi connectivity index (χ3v) is 8.67. The van der Waals surface area contributed by atoms with Crippen LogP contribution in [0.5, 0.6) is 11.5 Å². The lowest BCUT2D eigenvalue weighted by molar-refractivity contribution is 0.482. The van der Waals surface area contributed by atoms with Gasteiger partial charge in [0.2, 0.25) is 10.0 Å². The van der Waals surface area contributed by atoms with Crippen LogP contribution in [-0.2, 0) is 19.9 Å². The van der Waals surface area contributed by atoms with Gasteiger partial charge in [0.25, 0.3) is 0 Å². The van der Waals surface area contributed by atoms with Crippen LogP contribution in [0.25, 0.3) is 0 Å². The molecule has 34 heavy (non-hydrogen) atoms. The van der Waals surface area contributed by atoms with Crippen LogP contribution in [0.3, 0.4) is 0 Å². The summed E-state index contributed by atoms with van der Waals surface area (Å²) in [5.41, 5.74) is 0.911. The molecule has 0 fully saturated rings. The van der Waals surface area contributed by atoms with Crippen molar-refractivity contribution >= 4 is 19.9 Å². The summed E-state index contributed by atoms with van der Waals surface area (Å²) in [6.07, 6.45) is 1.35. The Morgan fingerprint density at radius 3 is 2.00 bits per heavy atom. The lowest BCUT2D eigenvalue weighted by Crippen LogP contribution is -2.31. The largest absolute Gasteiger partial charge is 0.468 e. The quantitative estimate of drug-likeness (QED) is 0.354. The summed E-state index contributed by atoms with van der Waals surface area (Å²) in [5.74, 6) is 1.24. The maximum Gasteiger partial charge on any atom is 0.240 e. The van der Waals surface area contributed by atoms with Crippen LogP contribution in [0, 0.1) is 6.92 Å². The van der Waals surface area contributed by atoms with E-state index >= 15 is 0 Å². The number of rotatable bonds is 9. The summed E-state index contributed by atoms with van der Waals surface area (Å²) in [4.78, 5) is 0.0694. The van der Waals surface area contributed by atoms with Gasteiger partial charge in [-0.05, 0) is 67.6 Å². The molecule has 0 unspecified atom stereocenters. The first-order valence-corrected chi connectivity index (χ1v) is 13.5. The van der Waals surface area contributed by atoms with Crippen LogP contribution < -0.4 is 9.46 Å². The van der Waals surface area contributed by atoms with Crippen LogP contribution in [0.4, 0.5) is 0 Å². The van der Waals surface area contributed by atoms with Gasteiger partial charge in [0.15, 0.2) is 9.84 Å². The number of hydrogen-bond acceptors (Lipinski definition) is 6. The fourth-order valence-electron chi connectivity index (χ4n) is 3.31. The smallest absolute Gasteiger partial charge is 0.240 e.